The van der Waals surface area contributed by atoms with Gasteiger partial charge in [-0.25, -0.2) is 8.42 Å². The lowest BCUT2D eigenvalue weighted by Gasteiger charge is -2.26. The monoisotopic (exact) mass is 346 g/mol. The van der Waals surface area contributed by atoms with Crippen LogP contribution in [0.15, 0.2) is 23.1 Å². The largest absolute Gasteiger partial charge is 0.379 e. The zero-order valence-electron chi connectivity index (χ0n) is 12.5. The van der Waals surface area contributed by atoms with Crippen LogP contribution in [0, 0.1) is 0 Å². The molecule has 22 heavy (non-hydrogen) atoms. The molecule has 1 heterocycles. The van der Waals surface area contributed by atoms with Crippen LogP contribution < -0.4 is 5.32 Å². The average Bonchev–Trinajstić information content (AvgIpc) is 2.47. The van der Waals surface area contributed by atoms with Crippen LogP contribution in [0.2, 0.25) is 5.02 Å². The van der Waals surface area contributed by atoms with Crippen LogP contribution >= 0.6 is 11.6 Å². The molecule has 0 bridgehead atoms. The summed E-state index contributed by atoms with van der Waals surface area (Å²) in [4.78, 5) is 12.2. The summed E-state index contributed by atoms with van der Waals surface area (Å²) < 4.78 is 31.7. The lowest BCUT2D eigenvalue weighted by Crippen LogP contribution is -2.40. The molecule has 1 amide bonds. The molecule has 0 atom stereocenters. The summed E-state index contributed by atoms with van der Waals surface area (Å²) in [7, 11) is -3.65. The van der Waals surface area contributed by atoms with E-state index in [0.717, 1.165) is 0 Å². The molecule has 0 saturated carbocycles. The molecule has 1 N–H and O–H groups in total. The molecule has 0 aromatic heterocycles. The Morgan fingerprint density at radius 1 is 1.32 bits per heavy atom. The summed E-state index contributed by atoms with van der Waals surface area (Å²) >= 11 is 6.02. The molecular formula is C14H19ClN2O4S. The number of hydrogen-bond donors (Lipinski definition) is 1. The number of sulfonamides is 1. The Morgan fingerprint density at radius 3 is 2.55 bits per heavy atom. The Hall–Kier alpha value is -1.15. The minimum atomic E-state index is -3.65. The van der Waals surface area contributed by atoms with Crippen molar-refractivity contribution >= 4 is 27.5 Å². The van der Waals surface area contributed by atoms with Gasteiger partial charge in [-0.2, -0.15) is 4.31 Å². The van der Waals surface area contributed by atoms with Gasteiger partial charge in [0.2, 0.25) is 10.0 Å². The summed E-state index contributed by atoms with van der Waals surface area (Å²) in [6.45, 7) is 4.98. The molecule has 8 heteroatoms. The van der Waals surface area contributed by atoms with Crippen molar-refractivity contribution in [3.8, 4) is 0 Å². The first-order chi connectivity index (χ1) is 10.3. The van der Waals surface area contributed by atoms with Crippen molar-refractivity contribution in [1.82, 2.24) is 9.62 Å². The predicted octanol–water partition coefficient (Wildman–Crippen LogP) is 1.50. The van der Waals surface area contributed by atoms with Gasteiger partial charge < -0.3 is 10.1 Å². The number of hydrogen-bond acceptors (Lipinski definition) is 4. The van der Waals surface area contributed by atoms with E-state index >= 15 is 0 Å². The predicted molar refractivity (Wildman–Crippen MR) is 83.6 cm³/mol. The van der Waals surface area contributed by atoms with Crippen LogP contribution in [-0.4, -0.2) is 51.0 Å². The standard InChI is InChI=1S/C14H19ClN2O4S/c1-10(2)16-14(18)12-9-11(3-4-13(12)15)22(19,20)17-5-7-21-8-6-17/h3-4,9-10H,5-8H2,1-2H3,(H,16,18). The molecule has 1 fully saturated rings. The van der Waals surface area contributed by atoms with Crippen LogP contribution in [0.25, 0.3) is 0 Å². The van der Waals surface area contributed by atoms with Gasteiger partial charge in [-0.3, -0.25) is 4.79 Å². The third-order valence-corrected chi connectivity index (χ3v) is 5.43. The normalized spacial score (nSPS) is 16.7. The van der Waals surface area contributed by atoms with Gasteiger partial charge in [-0.05, 0) is 32.0 Å². The van der Waals surface area contributed by atoms with E-state index < -0.39 is 10.0 Å². The number of carbonyl (C=O) groups excluding carboxylic acids is 1. The highest BCUT2D eigenvalue weighted by atomic mass is 35.5. The first kappa shape index (κ1) is 17.2. The third kappa shape index (κ3) is 3.78. The number of nitrogens with one attached hydrogen (secondary N) is 1. The Labute approximate surface area is 135 Å². The average molecular weight is 347 g/mol. The summed E-state index contributed by atoms with van der Waals surface area (Å²) in [5.74, 6) is -0.390. The number of benzene rings is 1. The van der Waals surface area contributed by atoms with Crippen LogP contribution in [0.3, 0.4) is 0 Å². The Morgan fingerprint density at radius 2 is 1.95 bits per heavy atom. The van der Waals surface area contributed by atoms with Gasteiger partial charge in [-0.15, -0.1) is 0 Å². The van der Waals surface area contributed by atoms with Crippen molar-refractivity contribution in [2.24, 2.45) is 0 Å². The molecule has 0 aliphatic carbocycles. The topological polar surface area (TPSA) is 75.7 Å². The molecule has 1 aromatic carbocycles. The maximum absolute atomic E-state index is 12.6. The van der Waals surface area contributed by atoms with Crippen molar-refractivity contribution < 1.29 is 17.9 Å². The molecule has 122 valence electrons. The van der Waals surface area contributed by atoms with Crippen LogP contribution in [0.5, 0.6) is 0 Å². The van der Waals surface area contributed by atoms with E-state index in [9.17, 15) is 13.2 Å². The second-order valence-electron chi connectivity index (χ2n) is 5.29. The zero-order valence-corrected chi connectivity index (χ0v) is 14.1. The number of amides is 1. The van der Waals surface area contributed by atoms with Crippen LogP contribution in [-0.2, 0) is 14.8 Å². The quantitative estimate of drug-likeness (QED) is 0.896. The van der Waals surface area contributed by atoms with E-state index in [-0.39, 0.29) is 27.4 Å². The molecule has 1 aromatic rings. The molecule has 1 aliphatic heterocycles. The highest BCUT2D eigenvalue weighted by molar-refractivity contribution is 7.89. The van der Waals surface area contributed by atoms with Gasteiger partial charge >= 0.3 is 0 Å². The van der Waals surface area contributed by atoms with Crippen molar-refractivity contribution in [1.29, 1.82) is 0 Å². The smallest absolute Gasteiger partial charge is 0.253 e. The van der Waals surface area contributed by atoms with Crippen molar-refractivity contribution in [3.63, 3.8) is 0 Å². The number of rotatable bonds is 4. The zero-order chi connectivity index (χ0) is 16.3. The summed E-state index contributed by atoms with van der Waals surface area (Å²) in [6, 6.07) is 4.11. The maximum Gasteiger partial charge on any atom is 0.253 e. The lowest BCUT2D eigenvalue weighted by atomic mass is 10.2. The van der Waals surface area contributed by atoms with E-state index in [1.54, 1.807) is 0 Å². The second kappa shape index (κ2) is 6.95. The van der Waals surface area contributed by atoms with E-state index in [0.29, 0.717) is 26.3 Å². The molecule has 0 radical (unpaired) electrons. The summed E-state index contributed by atoms with van der Waals surface area (Å²) in [6.07, 6.45) is 0. The first-order valence-corrected chi connectivity index (χ1v) is 8.82. The third-order valence-electron chi connectivity index (χ3n) is 3.21. The fourth-order valence-electron chi connectivity index (χ4n) is 2.11. The molecule has 1 saturated heterocycles. The highest BCUT2D eigenvalue weighted by Crippen LogP contribution is 2.23. The minimum Gasteiger partial charge on any atom is -0.379 e. The molecule has 0 unspecified atom stereocenters. The molecule has 6 nitrogen and oxygen atoms in total. The number of halogens is 1. The lowest BCUT2D eigenvalue weighted by molar-refractivity contribution is 0.0730. The van der Waals surface area contributed by atoms with E-state index in [1.165, 1.54) is 22.5 Å². The molecule has 0 spiro atoms. The van der Waals surface area contributed by atoms with Gasteiger partial charge in [0.25, 0.3) is 5.91 Å². The van der Waals surface area contributed by atoms with Gasteiger partial charge in [0.1, 0.15) is 0 Å². The SMILES string of the molecule is CC(C)NC(=O)c1cc(S(=O)(=O)N2CCOCC2)ccc1Cl. The van der Waals surface area contributed by atoms with Gasteiger partial charge in [-0.1, -0.05) is 11.6 Å². The Bertz CT molecular complexity index is 655. The van der Waals surface area contributed by atoms with Crippen LogP contribution in [0.1, 0.15) is 24.2 Å². The van der Waals surface area contributed by atoms with Gasteiger partial charge in [0.15, 0.2) is 0 Å². The van der Waals surface area contributed by atoms with E-state index in [2.05, 4.69) is 5.32 Å². The van der Waals surface area contributed by atoms with E-state index in [4.69, 9.17) is 16.3 Å². The second-order valence-corrected chi connectivity index (χ2v) is 7.63. The maximum atomic E-state index is 12.6. The molecule has 2 rings (SSSR count). The number of morpholine rings is 1. The Kier molecular flexibility index (Phi) is 5.44. The summed E-state index contributed by atoms with van der Waals surface area (Å²) in [5, 5.41) is 2.93. The number of nitrogens with zero attached hydrogens (tertiary/aromatic N) is 1. The molecular weight excluding hydrogens is 328 g/mol. The minimum absolute atomic E-state index is 0.0627. The van der Waals surface area contributed by atoms with Gasteiger partial charge in [0.05, 0.1) is 28.7 Å². The Balaban J connectivity index is 2.34. The fraction of sp³-hybridized carbons (Fsp3) is 0.500. The summed E-state index contributed by atoms with van der Waals surface area (Å²) in [5.41, 5.74) is 0.157. The number of carbonyl (C=O) groups is 1. The number of ether oxygens (including phenoxy) is 1. The van der Waals surface area contributed by atoms with Crippen molar-refractivity contribution in [2.45, 2.75) is 24.8 Å². The fourth-order valence-corrected chi connectivity index (χ4v) is 3.75. The van der Waals surface area contributed by atoms with Gasteiger partial charge in [0, 0.05) is 19.1 Å². The first-order valence-electron chi connectivity index (χ1n) is 7.00. The van der Waals surface area contributed by atoms with Crippen LogP contribution in [0.4, 0.5) is 0 Å². The highest BCUT2D eigenvalue weighted by Gasteiger charge is 2.27. The van der Waals surface area contributed by atoms with Crippen molar-refractivity contribution in [2.75, 3.05) is 26.3 Å². The van der Waals surface area contributed by atoms with E-state index in [1.807, 2.05) is 13.8 Å². The molecule has 1 aliphatic rings. The van der Waals surface area contributed by atoms with Crippen molar-refractivity contribution in [3.05, 3.63) is 28.8 Å².